The molecule has 4 rings (SSSR count). The molecular weight excluding hydrogens is 402 g/mol. The summed E-state index contributed by atoms with van der Waals surface area (Å²) in [5, 5.41) is 0. The van der Waals surface area contributed by atoms with Crippen molar-refractivity contribution in [3.63, 3.8) is 0 Å². The van der Waals surface area contributed by atoms with Gasteiger partial charge in [-0.1, -0.05) is 31.2 Å². The molecule has 2 fully saturated rings. The van der Waals surface area contributed by atoms with Crippen molar-refractivity contribution < 1.29 is 14.3 Å². The van der Waals surface area contributed by atoms with Crippen molar-refractivity contribution >= 4 is 11.6 Å². The van der Waals surface area contributed by atoms with Crippen LogP contribution in [0.1, 0.15) is 58.3 Å². The van der Waals surface area contributed by atoms with E-state index in [1.54, 1.807) is 0 Å². The van der Waals surface area contributed by atoms with E-state index in [0.717, 1.165) is 82.0 Å². The fourth-order valence-corrected chi connectivity index (χ4v) is 5.33. The Balaban J connectivity index is 1.76. The lowest BCUT2D eigenvalue weighted by Gasteiger charge is -2.30. The fraction of sp³-hybridized carbons (Fsp3) is 0.500. The van der Waals surface area contributed by atoms with Gasteiger partial charge in [0, 0.05) is 38.4 Å². The quantitative estimate of drug-likeness (QED) is 0.674. The Hall–Kier alpha value is -2.41. The first kappa shape index (κ1) is 22.8. The predicted molar refractivity (Wildman–Crippen MR) is 128 cm³/mol. The van der Waals surface area contributed by atoms with Crippen molar-refractivity contribution in [2.75, 3.05) is 45.3 Å². The summed E-state index contributed by atoms with van der Waals surface area (Å²) in [6.45, 7) is 10.1. The van der Waals surface area contributed by atoms with Gasteiger partial charge in [0.15, 0.2) is 0 Å². The van der Waals surface area contributed by atoms with Gasteiger partial charge in [-0.15, -0.1) is 0 Å². The van der Waals surface area contributed by atoms with E-state index in [1.807, 2.05) is 6.92 Å². The van der Waals surface area contributed by atoms with E-state index in [4.69, 9.17) is 20.9 Å². The third-order valence-corrected chi connectivity index (χ3v) is 6.93. The Morgan fingerprint density at radius 2 is 1.69 bits per heavy atom. The Kier molecular flexibility index (Phi) is 7.13. The standard InChI is InChI=1S/C26H35N3O3/c1-3-21-22(20-8-12-31-13-9-20)17(2)23(26(28)30)25(27)24(21)19-6-4-18(5-7-19)16-29-10-14-32-15-11-29/h4-7,20H,3,8-16,27H2,1-2H3,(H2,28,30). The molecule has 2 aliphatic heterocycles. The molecular formula is C26H35N3O3. The summed E-state index contributed by atoms with van der Waals surface area (Å²) in [4.78, 5) is 14.8. The van der Waals surface area contributed by atoms with Gasteiger partial charge in [-0.3, -0.25) is 9.69 Å². The van der Waals surface area contributed by atoms with Crippen LogP contribution >= 0.6 is 0 Å². The van der Waals surface area contributed by atoms with Gasteiger partial charge in [0.05, 0.1) is 24.5 Å². The van der Waals surface area contributed by atoms with Gasteiger partial charge in [0.1, 0.15) is 0 Å². The fourth-order valence-electron chi connectivity index (χ4n) is 5.33. The Morgan fingerprint density at radius 1 is 1.06 bits per heavy atom. The molecule has 0 unspecified atom stereocenters. The number of carbonyl (C=O) groups is 1. The third kappa shape index (κ3) is 4.53. The average Bonchev–Trinajstić information content (AvgIpc) is 2.80. The molecule has 0 aromatic heterocycles. The van der Waals surface area contributed by atoms with Crippen molar-refractivity contribution in [3.05, 3.63) is 52.1 Å². The summed E-state index contributed by atoms with van der Waals surface area (Å²) < 4.78 is 11.1. The van der Waals surface area contributed by atoms with Crippen LogP contribution in [0.3, 0.4) is 0 Å². The number of benzene rings is 2. The molecule has 0 radical (unpaired) electrons. The number of ether oxygens (including phenoxy) is 2. The second-order valence-corrected chi connectivity index (χ2v) is 8.87. The lowest BCUT2D eigenvalue weighted by atomic mass is 9.78. The minimum absolute atomic E-state index is 0.358. The van der Waals surface area contributed by atoms with Gasteiger partial charge in [-0.2, -0.15) is 0 Å². The van der Waals surface area contributed by atoms with Crippen molar-refractivity contribution in [2.24, 2.45) is 5.73 Å². The summed E-state index contributed by atoms with van der Waals surface area (Å²) >= 11 is 0. The van der Waals surface area contributed by atoms with E-state index in [-0.39, 0.29) is 0 Å². The Labute approximate surface area is 190 Å². The van der Waals surface area contributed by atoms with Crippen LogP contribution in [0, 0.1) is 6.92 Å². The number of morpholine rings is 1. The topological polar surface area (TPSA) is 90.8 Å². The van der Waals surface area contributed by atoms with Gasteiger partial charge in [0.2, 0.25) is 0 Å². The highest BCUT2D eigenvalue weighted by atomic mass is 16.5. The normalized spacial score (nSPS) is 18.1. The number of amides is 1. The highest BCUT2D eigenvalue weighted by molar-refractivity contribution is 6.04. The highest BCUT2D eigenvalue weighted by Gasteiger charge is 2.28. The monoisotopic (exact) mass is 437 g/mol. The Bertz CT molecular complexity index is 960. The van der Waals surface area contributed by atoms with Gasteiger partial charge in [-0.05, 0) is 59.9 Å². The molecule has 32 heavy (non-hydrogen) atoms. The summed E-state index contributed by atoms with van der Waals surface area (Å²) in [6.07, 6.45) is 2.75. The van der Waals surface area contributed by atoms with E-state index in [9.17, 15) is 4.79 Å². The number of hydrogen-bond donors (Lipinski definition) is 2. The van der Waals surface area contributed by atoms with Gasteiger partial charge < -0.3 is 20.9 Å². The zero-order valence-electron chi connectivity index (χ0n) is 19.3. The molecule has 0 aliphatic carbocycles. The molecule has 2 saturated heterocycles. The average molecular weight is 438 g/mol. The maximum absolute atomic E-state index is 12.4. The smallest absolute Gasteiger partial charge is 0.251 e. The SMILES string of the molecule is CCc1c(-c2ccc(CN3CCOCC3)cc2)c(N)c(C(N)=O)c(C)c1C1CCOCC1. The molecule has 2 aliphatic rings. The van der Waals surface area contributed by atoms with Gasteiger partial charge >= 0.3 is 0 Å². The largest absolute Gasteiger partial charge is 0.398 e. The molecule has 6 nitrogen and oxygen atoms in total. The van der Waals surface area contributed by atoms with Gasteiger partial charge in [0.25, 0.3) is 5.91 Å². The number of carbonyl (C=O) groups excluding carboxylic acids is 1. The van der Waals surface area contributed by atoms with Crippen LogP contribution in [0.25, 0.3) is 11.1 Å². The minimum atomic E-state index is -0.457. The van der Waals surface area contributed by atoms with Crippen LogP contribution in [0.5, 0.6) is 0 Å². The van der Waals surface area contributed by atoms with Crippen molar-refractivity contribution in [1.29, 1.82) is 0 Å². The summed E-state index contributed by atoms with van der Waals surface area (Å²) in [5.41, 5.74) is 20.1. The molecule has 0 spiro atoms. The van der Waals surface area contributed by atoms with E-state index in [0.29, 0.717) is 17.2 Å². The predicted octanol–water partition coefficient (Wildman–Crippen LogP) is 3.63. The number of primary amides is 1. The summed E-state index contributed by atoms with van der Waals surface area (Å²) in [5.74, 6) is -0.0992. The first-order chi connectivity index (χ1) is 15.5. The van der Waals surface area contributed by atoms with Crippen molar-refractivity contribution in [2.45, 2.75) is 45.6 Å². The van der Waals surface area contributed by atoms with E-state index in [2.05, 4.69) is 36.1 Å². The van der Waals surface area contributed by atoms with Crippen LogP contribution in [-0.4, -0.2) is 50.3 Å². The van der Waals surface area contributed by atoms with Crippen LogP contribution < -0.4 is 11.5 Å². The minimum Gasteiger partial charge on any atom is -0.398 e. The second-order valence-electron chi connectivity index (χ2n) is 8.87. The lowest BCUT2D eigenvalue weighted by molar-refractivity contribution is 0.0342. The first-order valence-corrected chi connectivity index (χ1v) is 11.7. The molecule has 6 heteroatoms. The van der Waals surface area contributed by atoms with Crippen LogP contribution in [-0.2, 0) is 22.4 Å². The van der Waals surface area contributed by atoms with Crippen molar-refractivity contribution in [3.8, 4) is 11.1 Å². The first-order valence-electron chi connectivity index (χ1n) is 11.7. The number of hydrogen-bond acceptors (Lipinski definition) is 5. The number of nitrogen functional groups attached to an aromatic ring is 1. The van der Waals surface area contributed by atoms with Gasteiger partial charge in [-0.25, -0.2) is 0 Å². The van der Waals surface area contributed by atoms with Crippen molar-refractivity contribution in [1.82, 2.24) is 4.90 Å². The molecule has 172 valence electrons. The third-order valence-electron chi connectivity index (χ3n) is 6.93. The van der Waals surface area contributed by atoms with Crippen LogP contribution in [0.4, 0.5) is 5.69 Å². The number of rotatable bonds is 6. The number of nitrogens with two attached hydrogens (primary N) is 2. The van der Waals surface area contributed by atoms with Crippen LogP contribution in [0.2, 0.25) is 0 Å². The number of anilines is 1. The zero-order valence-corrected chi connectivity index (χ0v) is 19.3. The lowest BCUT2D eigenvalue weighted by Crippen LogP contribution is -2.35. The molecule has 2 aromatic carbocycles. The molecule has 1 amide bonds. The van der Waals surface area contributed by atoms with E-state index in [1.165, 1.54) is 16.7 Å². The molecule has 4 N–H and O–H groups in total. The molecule has 0 saturated carbocycles. The highest BCUT2D eigenvalue weighted by Crippen LogP contribution is 2.43. The maximum Gasteiger partial charge on any atom is 0.251 e. The molecule has 0 atom stereocenters. The molecule has 0 bridgehead atoms. The molecule has 2 aromatic rings. The number of nitrogens with zero attached hydrogens (tertiary/aromatic N) is 1. The Morgan fingerprint density at radius 3 is 2.28 bits per heavy atom. The summed E-state index contributed by atoms with van der Waals surface area (Å²) in [6, 6.07) is 8.60. The van der Waals surface area contributed by atoms with Crippen LogP contribution in [0.15, 0.2) is 24.3 Å². The van der Waals surface area contributed by atoms with E-state index >= 15 is 0 Å². The summed E-state index contributed by atoms with van der Waals surface area (Å²) in [7, 11) is 0. The molecule has 2 heterocycles. The second kappa shape index (κ2) is 10.0. The maximum atomic E-state index is 12.4. The zero-order chi connectivity index (χ0) is 22.7. The van der Waals surface area contributed by atoms with E-state index < -0.39 is 5.91 Å².